The van der Waals surface area contributed by atoms with Crippen LogP contribution in [0.1, 0.15) is 43.9 Å². The molecule has 0 saturated heterocycles. The van der Waals surface area contributed by atoms with E-state index in [0.29, 0.717) is 0 Å². The van der Waals surface area contributed by atoms with Crippen molar-refractivity contribution in [1.29, 1.82) is 0 Å². The molecule has 0 radical (unpaired) electrons. The van der Waals surface area contributed by atoms with Gasteiger partial charge in [-0.2, -0.15) is 13.2 Å². The molecule has 0 aliphatic rings. The molecule has 2 N–H and O–H groups in total. The molecule has 0 amide bonds. The molecule has 1 aromatic carbocycles. The van der Waals surface area contributed by atoms with E-state index in [2.05, 4.69) is 6.92 Å². The fraction of sp³-hybridized carbons (Fsp3) is 0.600. The molecular weight excluding hydrogens is 265 g/mol. The zero-order chi connectivity index (χ0) is 15.3. The predicted molar refractivity (Wildman–Crippen MR) is 75.4 cm³/mol. The summed E-state index contributed by atoms with van der Waals surface area (Å²) in [4.78, 5) is 1.94. The summed E-state index contributed by atoms with van der Waals surface area (Å²) in [6.07, 6.45) is -2.43. The highest BCUT2D eigenvalue weighted by molar-refractivity contribution is 5.32. The highest BCUT2D eigenvalue weighted by Gasteiger charge is 2.35. The maximum atomic E-state index is 13.1. The maximum absolute atomic E-state index is 13.1. The van der Waals surface area contributed by atoms with Crippen molar-refractivity contribution in [3.05, 3.63) is 35.4 Å². The molecule has 1 rings (SSSR count). The normalized spacial score (nSPS) is 15.4. The van der Waals surface area contributed by atoms with E-state index in [4.69, 9.17) is 5.73 Å². The molecule has 0 fully saturated rings. The van der Waals surface area contributed by atoms with Gasteiger partial charge in [0.1, 0.15) is 0 Å². The summed E-state index contributed by atoms with van der Waals surface area (Å²) in [7, 11) is 1.84. The second-order valence-electron chi connectivity index (χ2n) is 5.14. The molecule has 2 nitrogen and oxygen atoms in total. The Kier molecular flexibility index (Phi) is 6.02. The van der Waals surface area contributed by atoms with Crippen LogP contribution in [0.15, 0.2) is 24.3 Å². The van der Waals surface area contributed by atoms with Gasteiger partial charge in [0.2, 0.25) is 0 Å². The predicted octanol–water partition coefficient (Wildman–Crippen LogP) is 3.83. The SMILES string of the molecule is CCCC(C)N(C)C(CN)c1ccccc1C(F)(F)F. The van der Waals surface area contributed by atoms with Crippen LogP contribution < -0.4 is 5.73 Å². The van der Waals surface area contributed by atoms with Crippen LogP contribution >= 0.6 is 0 Å². The Morgan fingerprint density at radius 2 is 1.85 bits per heavy atom. The summed E-state index contributed by atoms with van der Waals surface area (Å²) in [5.74, 6) is 0. The third kappa shape index (κ3) is 3.96. The van der Waals surface area contributed by atoms with E-state index in [9.17, 15) is 13.2 Å². The Balaban J connectivity index is 3.13. The third-order valence-electron chi connectivity index (χ3n) is 3.74. The Bertz CT molecular complexity index is 418. The second-order valence-corrected chi connectivity index (χ2v) is 5.14. The van der Waals surface area contributed by atoms with Crippen LogP contribution in [0.2, 0.25) is 0 Å². The van der Waals surface area contributed by atoms with E-state index in [-0.39, 0.29) is 18.2 Å². The standard InChI is InChI=1S/C15H23F3N2/c1-4-7-11(2)20(3)14(10-19)12-8-5-6-9-13(12)15(16,17)18/h5-6,8-9,11,14H,4,7,10,19H2,1-3H3. The van der Waals surface area contributed by atoms with Gasteiger partial charge in [0.05, 0.1) is 5.56 Å². The fourth-order valence-electron chi connectivity index (χ4n) is 2.49. The van der Waals surface area contributed by atoms with Crippen molar-refractivity contribution >= 4 is 0 Å². The number of nitrogens with two attached hydrogens (primary N) is 1. The van der Waals surface area contributed by atoms with Crippen molar-refractivity contribution in [2.75, 3.05) is 13.6 Å². The Morgan fingerprint density at radius 1 is 1.25 bits per heavy atom. The number of hydrogen-bond acceptors (Lipinski definition) is 2. The lowest BCUT2D eigenvalue weighted by Gasteiger charge is -2.34. The summed E-state index contributed by atoms with van der Waals surface area (Å²) in [5.41, 5.74) is 5.41. The Morgan fingerprint density at radius 3 is 2.35 bits per heavy atom. The summed E-state index contributed by atoms with van der Waals surface area (Å²) < 4.78 is 39.3. The van der Waals surface area contributed by atoms with Crippen LogP contribution in [0.3, 0.4) is 0 Å². The van der Waals surface area contributed by atoms with Crippen LogP contribution in [0.25, 0.3) is 0 Å². The molecule has 0 aliphatic carbocycles. The second kappa shape index (κ2) is 7.09. The molecule has 2 unspecified atom stereocenters. The van der Waals surface area contributed by atoms with Gasteiger partial charge in [-0.1, -0.05) is 31.5 Å². The van der Waals surface area contributed by atoms with Gasteiger partial charge in [-0.25, -0.2) is 0 Å². The molecule has 0 aromatic heterocycles. The number of halogens is 3. The van der Waals surface area contributed by atoms with Crippen LogP contribution in [0, 0.1) is 0 Å². The molecule has 0 saturated carbocycles. The van der Waals surface area contributed by atoms with Crippen molar-refractivity contribution < 1.29 is 13.2 Å². The number of alkyl halides is 3. The molecule has 0 heterocycles. The molecule has 5 heteroatoms. The molecule has 1 aromatic rings. The van der Waals surface area contributed by atoms with Crippen LogP contribution in [0.4, 0.5) is 13.2 Å². The minimum absolute atomic E-state index is 0.164. The molecule has 20 heavy (non-hydrogen) atoms. The molecular formula is C15H23F3N2. The quantitative estimate of drug-likeness (QED) is 0.862. The molecule has 2 atom stereocenters. The van der Waals surface area contributed by atoms with Crippen molar-refractivity contribution in [1.82, 2.24) is 4.90 Å². The van der Waals surface area contributed by atoms with E-state index in [1.165, 1.54) is 12.1 Å². The van der Waals surface area contributed by atoms with E-state index >= 15 is 0 Å². The van der Waals surface area contributed by atoms with Gasteiger partial charge in [0, 0.05) is 18.6 Å². The zero-order valence-corrected chi connectivity index (χ0v) is 12.2. The summed E-state index contributed by atoms with van der Waals surface area (Å²) in [6, 6.07) is 5.46. The maximum Gasteiger partial charge on any atom is 0.416 e. The fourth-order valence-corrected chi connectivity index (χ4v) is 2.49. The smallest absolute Gasteiger partial charge is 0.329 e. The average molecular weight is 288 g/mol. The minimum Gasteiger partial charge on any atom is -0.329 e. The summed E-state index contributed by atoms with van der Waals surface area (Å²) in [6.45, 7) is 4.24. The van der Waals surface area contributed by atoms with Crippen molar-refractivity contribution in [3.8, 4) is 0 Å². The monoisotopic (exact) mass is 288 g/mol. The molecule has 114 valence electrons. The van der Waals surface area contributed by atoms with Crippen molar-refractivity contribution in [2.45, 2.75) is 44.9 Å². The van der Waals surface area contributed by atoms with Crippen LogP contribution in [-0.4, -0.2) is 24.5 Å². The molecule has 0 bridgehead atoms. The molecule has 0 aliphatic heterocycles. The summed E-state index contributed by atoms with van der Waals surface area (Å²) >= 11 is 0. The number of hydrogen-bond donors (Lipinski definition) is 1. The minimum atomic E-state index is -4.35. The Hall–Kier alpha value is -1.07. The van der Waals surface area contributed by atoms with Crippen LogP contribution in [0.5, 0.6) is 0 Å². The number of benzene rings is 1. The first kappa shape index (κ1) is 17.0. The van der Waals surface area contributed by atoms with Gasteiger partial charge >= 0.3 is 6.18 Å². The summed E-state index contributed by atoms with van der Waals surface area (Å²) in [5, 5.41) is 0. The first-order chi connectivity index (χ1) is 9.32. The third-order valence-corrected chi connectivity index (χ3v) is 3.74. The number of nitrogens with zero attached hydrogens (tertiary/aromatic N) is 1. The van der Waals surface area contributed by atoms with Gasteiger partial charge in [-0.05, 0) is 32.0 Å². The van der Waals surface area contributed by atoms with Gasteiger partial charge in [0.25, 0.3) is 0 Å². The first-order valence-electron chi connectivity index (χ1n) is 6.91. The lowest BCUT2D eigenvalue weighted by Crippen LogP contribution is -2.38. The van der Waals surface area contributed by atoms with Gasteiger partial charge in [-0.15, -0.1) is 0 Å². The lowest BCUT2D eigenvalue weighted by molar-refractivity contribution is -0.138. The number of likely N-dealkylation sites (N-methyl/N-ethyl adjacent to an activating group) is 1. The average Bonchev–Trinajstić information content (AvgIpc) is 2.39. The van der Waals surface area contributed by atoms with Crippen molar-refractivity contribution in [3.63, 3.8) is 0 Å². The van der Waals surface area contributed by atoms with E-state index in [1.807, 2.05) is 18.9 Å². The number of rotatable bonds is 6. The van der Waals surface area contributed by atoms with Gasteiger partial charge in [-0.3, -0.25) is 4.90 Å². The largest absolute Gasteiger partial charge is 0.416 e. The first-order valence-corrected chi connectivity index (χ1v) is 6.91. The highest BCUT2D eigenvalue weighted by Crippen LogP contribution is 2.36. The van der Waals surface area contributed by atoms with Crippen molar-refractivity contribution in [2.24, 2.45) is 5.73 Å². The van der Waals surface area contributed by atoms with E-state index in [1.54, 1.807) is 6.07 Å². The molecule has 0 spiro atoms. The van der Waals surface area contributed by atoms with Gasteiger partial charge in [0.15, 0.2) is 0 Å². The van der Waals surface area contributed by atoms with Crippen LogP contribution in [-0.2, 0) is 6.18 Å². The topological polar surface area (TPSA) is 29.3 Å². The highest BCUT2D eigenvalue weighted by atomic mass is 19.4. The van der Waals surface area contributed by atoms with Gasteiger partial charge < -0.3 is 5.73 Å². The zero-order valence-electron chi connectivity index (χ0n) is 12.2. The lowest BCUT2D eigenvalue weighted by atomic mass is 9.97. The van der Waals surface area contributed by atoms with E-state index in [0.717, 1.165) is 18.9 Å². The van der Waals surface area contributed by atoms with E-state index < -0.39 is 17.8 Å². The Labute approximate surface area is 118 Å².